The number of amides is 1. The first kappa shape index (κ1) is 24.1. The molecule has 0 saturated carbocycles. The van der Waals surface area contributed by atoms with E-state index in [1.807, 2.05) is 6.07 Å². The van der Waals surface area contributed by atoms with Gasteiger partial charge in [-0.3, -0.25) is 4.79 Å². The van der Waals surface area contributed by atoms with Gasteiger partial charge in [-0.2, -0.15) is 0 Å². The molecule has 0 fully saturated rings. The molecule has 10 heteroatoms. The Bertz CT molecular complexity index is 1470. The van der Waals surface area contributed by atoms with Crippen LogP contribution in [-0.2, 0) is 16.1 Å². The monoisotopic (exact) mass is 491 g/mol. The molecule has 0 aliphatic rings. The first-order chi connectivity index (χ1) is 17.3. The van der Waals surface area contributed by atoms with Gasteiger partial charge in [0.2, 0.25) is 6.10 Å². The molecule has 1 unspecified atom stereocenters. The molecular weight excluding hydrogens is 470 g/mol. The summed E-state index contributed by atoms with van der Waals surface area (Å²) in [6.07, 6.45) is -1.61. The lowest BCUT2D eigenvalue weighted by atomic mass is 10.0. The number of aromatic hydroxyl groups is 3. The van der Waals surface area contributed by atoms with Crippen molar-refractivity contribution >= 4 is 22.8 Å². The van der Waals surface area contributed by atoms with Gasteiger partial charge in [-0.25, -0.2) is 9.59 Å². The van der Waals surface area contributed by atoms with Crippen LogP contribution >= 0.6 is 0 Å². The maximum absolute atomic E-state index is 13.3. The number of phenols is 3. The fraction of sp³-hybridized carbons (Fsp3) is 0.115. The molecule has 4 N–H and O–H groups in total. The molecule has 0 aliphatic heterocycles. The molecular formula is C26H21NO9. The lowest BCUT2D eigenvalue weighted by molar-refractivity contribution is -0.130. The number of rotatable bonds is 7. The molecule has 1 atom stereocenters. The number of nitrogens with one attached hydrogen (secondary N) is 1. The zero-order valence-electron chi connectivity index (χ0n) is 18.9. The molecule has 0 spiro atoms. The highest BCUT2D eigenvalue weighted by atomic mass is 16.5. The summed E-state index contributed by atoms with van der Waals surface area (Å²) in [6.45, 7) is 0.113. The Morgan fingerprint density at radius 2 is 1.67 bits per heavy atom. The second-order valence-electron chi connectivity index (χ2n) is 7.73. The van der Waals surface area contributed by atoms with E-state index in [9.17, 15) is 29.7 Å². The first-order valence-electron chi connectivity index (χ1n) is 10.7. The van der Waals surface area contributed by atoms with Crippen molar-refractivity contribution in [2.75, 3.05) is 7.11 Å². The number of methoxy groups -OCH3 is 1. The molecule has 4 rings (SSSR count). The number of hydrogen-bond donors (Lipinski definition) is 4. The molecule has 1 amide bonds. The van der Waals surface area contributed by atoms with Crippen LogP contribution in [0.25, 0.3) is 11.0 Å². The maximum atomic E-state index is 13.3. The highest BCUT2D eigenvalue weighted by Crippen LogP contribution is 2.36. The van der Waals surface area contributed by atoms with Gasteiger partial charge in [-0.05, 0) is 29.8 Å². The predicted octanol–water partition coefficient (Wildman–Crippen LogP) is 3.13. The Balaban J connectivity index is 1.75. The van der Waals surface area contributed by atoms with Gasteiger partial charge in [0.15, 0.2) is 17.2 Å². The molecule has 1 aromatic heterocycles. The Labute approximate surface area is 204 Å². The topological polar surface area (TPSA) is 156 Å². The first-order valence-corrected chi connectivity index (χ1v) is 10.7. The van der Waals surface area contributed by atoms with Crippen LogP contribution in [0.4, 0.5) is 0 Å². The van der Waals surface area contributed by atoms with Crippen molar-refractivity contribution in [3.8, 4) is 23.0 Å². The third kappa shape index (κ3) is 5.07. The second-order valence-corrected chi connectivity index (χ2v) is 7.73. The number of carbonyl (C=O) groups is 2. The molecule has 36 heavy (non-hydrogen) atoms. The predicted molar refractivity (Wildman–Crippen MR) is 127 cm³/mol. The average Bonchev–Trinajstić information content (AvgIpc) is 2.88. The minimum absolute atomic E-state index is 0.0510. The molecule has 4 aromatic rings. The Kier molecular flexibility index (Phi) is 6.77. The lowest BCUT2D eigenvalue weighted by Crippen LogP contribution is -2.32. The van der Waals surface area contributed by atoms with E-state index in [0.29, 0.717) is 11.1 Å². The van der Waals surface area contributed by atoms with Crippen LogP contribution in [0, 0.1) is 0 Å². The third-order valence-electron chi connectivity index (χ3n) is 5.34. The van der Waals surface area contributed by atoms with Crippen molar-refractivity contribution in [2.24, 2.45) is 0 Å². The number of hydrogen-bond acceptors (Lipinski definition) is 9. The van der Waals surface area contributed by atoms with Gasteiger partial charge < -0.3 is 34.5 Å². The van der Waals surface area contributed by atoms with Crippen molar-refractivity contribution < 1.29 is 38.8 Å². The van der Waals surface area contributed by atoms with Crippen molar-refractivity contribution in [1.82, 2.24) is 5.32 Å². The van der Waals surface area contributed by atoms with Crippen LogP contribution < -0.4 is 15.7 Å². The van der Waals surface area contributed by atoms with E-state index in [-0.39, 0.29) is 23.3 Å². The molecule has 0 radical (unpaired) electrons. The van der Waals surface area contributed by atoms with Crippen LogP contribution in [0.2, 0.25) is 0 Å². The Morgan fingerprint density at radius 1 is 0.972 bits per heavy atom. The minimum Gasteiger partial charge on any atom is -0.504 e. The smallest absolute Gasteiger partial charge is 0.339 e. The summed E-state index contributed by atoms with van der Waals surface area (Å²) in [4.78, 5) is 38.5. The largest absolute Gasteiger partial charge is 0.504 e. The Morgan fingerprint density at radius 3 is 2.33 bits per heavy atom. The van der Waals surface area contributed by atoms with Gasteiger partial charge in [0.05, 0.1) is 12.7 Å². The highest BCUT2D eigenvalue weighted by molar-refractivity contribution is 5.96. The Hall–Kier alpha value is -4.99. The number of ether oxygens (including phenoxy) is 2. The maximum Gasteiger partial charge on any atom is 0.339 e. The molecule has 0 saturated heterocycles. The molecule has 0 aliphatic carbocycles. The number of carbonyl (C=O) groups excluding carboxylic acids is 2. The van der Waals surface area contributed by atoms with Gasteiger partial charge >= 0.3 is 11.6 Å². The summed E-state index contributed by atoms with van der Waals surface area (Å²) in [5.74, 6) is -3.77. The zero-order chi connectivity index (χ0) is 25.8. The fourth-order valence-electron chi connectivity index (χ4n) is 3.55. The molecule has 184 valence electrons. The van der Waals surface area contributed by atoms with E-state index in [1.165, 1.54) is 13.2 Å². The van der Waals surface area contributed by atoms with Crippen molar-refractivity contribution in [3.05, 3.63) is 93.8 Å². The fourth-order valence-corrected chi connectivity index (χ4v) is 3.55. The van der Waals surface area contributed by atoms with Crippen molar-refractivity contribution in [1.29, 1.82) is 0 Å². The quantitative estimate of drug-likeness (QED) is 0.173. The zero-order valence-corrected chi connectivity index (χ0v) is 18.9. The molecule has 1 heterocycles. The number of esters is 1. The van der Waals surface area contributed by atoms with E-state index in [0.717, 1.165) is 23.8 Å². The second kappa shape index (κ2) is 10.1. The van der Waals surface area contributed by atoms with Crippen LogP contribution in [0.15, 0.2) is 75.9 Å². The van der Waals surface area contributed by atoms with Crippen LogP contribution in [-0.4, -0.2) is 34.3 Å². The van der Waals surface area contributed by atoms with Gasteiger partial charge in [0, 0.05) is 29.6 Å². The SMILES string of the molecule is COc1ccc2c(C(OC(=O)c3cc(O)c(O)c(O)c3)C(=O)NCc3ccccc3)cc(=O)oc2c1. The average molecular weight is 491 g/mol. The molecule has 10 nitrogen and oxygen atoms in total. The van der Waals surface area contributed by atoms with Crippen LogP contribution in [0.1, 0.15) is 27.6 Å². The number of fused-ring (bicyclic) bond motifs is 1. The summed E-state index contributed by atoms with van der Waals surface area (Å²) in [6, 6.07) is 16.4. The van der Waals surface area contributed by atoms with E-state index in [4.69, 9.17) is 13.9 Å². The highest BCUT2D eigenvalue weighted by Gasteiger charge is 2.29. The van der Waals surface area contributed by atoms with Gasteiger partial charge in [0.1, 0.15) is 11.3 Å². The minimum atomic E-state index is -1.61. The van der Waals surface area contributed by atoms with Crippen LogP contribution in [0.3, 0.4) is 0 Å². The van der Waals surface area contributed by atoms with Gasteiger partial charge in [-0.1, -0.05) is 30.3 Å². The van der Waals surface area contributed by atoms with E-state index >= 15 is 0 Å². The van der Waals surface area contributed by atoms with E-state index < -0.39 is 40.9 Å². The van der Waals surface area contributed by atoms with Crippen molar-refractivity contribution in [2.45, 2.75) is 12.6 Å². The van der Waals surface area contributed by atoms with Gasteiger partial charge in [-0.15, -0.1) is 0 Å². The summed E-state index contributed by atoms with van der Waals surface area (Å²) < 4.78 is 15.9. The molecule has 3 aromatic carbocycles. The summed E-state index contributed by atoms with van der Waals surface area (Å²) >= 11 is 0. The molecule has 0 bridgehead atoms. The summed E-state index contributed by atoms with van der Waals surface area (Å²) in [5, 5.41) is 32.1. The third-order valence-corrected chi connectivity index (χ3v) is 5.34. The summed E-state index contributed by atoms with van der Waals surface area (Å²) in [7, 11) is 1.44. The standard InChI is InChI=1S/C26H21NO9/c1-34-16-7-8-17-18(12-22(30)35-21(17)11-16)24(25(32)27-13-14-5-3-2-4-6-14)36-26(33)15-9-19(28)23(31)20(29)10-15/h2-12,24,28-29,31H,13H2,1H3,(H,27,32). The number of benzene rings is 3. The summed E-state index contributed by atoms with van der Waals surface area (Å²) in [5.41, 5.74) is -0.185. The normalized spacial score (nSPS) is 11.6. The van der Waals surface area contributed by atoms with Crippen LogP contribution in [0.5, 0.6) is 23.0 Å². The van der Waals surface area contributed by atoms with E-state index in [1.54, 1.807) is 36.4 Å². The number of phenolic OH excluding ortho intramolecular Hbond substituents is 3. The van der Waals surface area contributed by atoms with Crippen molar-refractivity contribution in [3.63, 3.8) is 0 Å². The lowest BCUT2D eigenvalue weighted by Gasteiger charge is -2.19. The van der Waals surface area contributed by atoms with E-state index in [2.05, 4.69) is 5.32 Å². The van der Waals surface area contributed by atoms with Gasteiger partial charge in [0.25, 0.3) is 5.91 Å².